The van der Waals surface area contributed by atoms with Gasteiger partial charge in [0.15, 0.2) is 5.96 Å². The molecule has 2 heterocycles. The third kappa shape index (κ3) is 6.23. The Kier molecular flexibility index (Phi) is 9.64. The van der Waals surface area contributed by atoms with Crippen LogP contribution in [0.2, 0.25) is 0 Å². The first-order chi connectivity index (χ1) is 8.77. The van der Waals surface area contributed by atoms with Crippen LogP contribution >= 0.6 is 0 Å². The van der Waals surface area contributed by atoms with E-state index in [9.17, 15) is 0 Å². The first-order valence-electron chi connectivity index (χ1n) is 6.77. The third-order valence-electron chi connectivity index (χ3n) is 2.30. The highest BCUT2D eigenvalue weighted by Gasteiger charge is 2.07. The number of aromatic nitrogens is 1. The van der Waals surface area contributed by atoms with Gasteiger partial charge < -0.3 is 11.1 Å². The SMILES string of the molecule is CC.CCCCC.NC1=NCc2ccncc2N1. The average Bonchev–Trinajstić information content (AvgIpc) is 2.42. The van der Waals surface area contributed by atoms with E-state index in [1.807, 2.05) is 19.9 Å². The number of unbranched alkanes of at least 4 members (excludes halogenated alkanes) is 2. The maximum absolute atomic E-state index is 5.46. The average molecular weight is 250 g/mol. The van der Waals surface area contributed by atoms with Crippen LogP contribution in [0, 0.1) is 0 Å². The number of rotatable bonds is 2. The Morgan fingerprint density at radius 2 is 1.94 bits per heavy atom. The predicted molar refractivity (Wildman–Crippen MR) is 79.7 cm³/mol. The lowest BCUT2D eigenvalue weighted by molar-refractivity contribution is 0.772. The van der Waals surface area contributed by atoms with Gasteiger partial charge in [0.05, 0.1) is 18.4 Å². The third-order valence-corrected chi connectivity index (χ3v) is 2.30. The number of fused-ring (bicyclic) bond motifs is 1. The van der Waals surface area contributed by atoms with E-state index in [4.69, 9.17) is 5.73 Å². The monoisotopic (exact) mass is 250 g/mol. The van der Waals surface area contributed by atoms with E-state index in [0.29, 0.717) is 12.5 Å². The van der Waals surface area contributed by atoms with E-state index < -0.39 is 0 Å². The predicted octanol–water partition coefficient (Wildman–Crippen LogP) is 3.54. The molecule has 1 aliphatic heterocycles. The first-order valence-corrected chi connectivity index (χ1v) is 6.77. The van der Waals surface area contributed by atoms with Gasteiger partial charge in [-0.05, 0) is 6.07 Å². The molecule has 0 spiro atoms. The normalized spacial score (nSPS) is 11.7. The Hall–Kier alpha value is -1.58. The fraction of sp³-hybridized carbons (Fsp3) is 0.571. The van der Waals surface area contributed by atoms with E-state index >= 15 is 0 Å². The summed E-state index contributed by atoms with van der Waals surface area (Å²) < 4.78 is 0. The molecule has 3 N–H and O–H groups in total. The number of nitrogens with zero attached hydrogens (tertiary/aromatic N) is 2. The maximum Gasteiger partial charge on any atom is 0.193 e. The zero-order valence-electron chi connectivity index (χ0n) is 12.0. The minimum Gasteiger partial charge on any atom is -0.370 e. The summed E-state index contributed by atoms with van der Waals surface area (Å²) in [6.45, 7) is 9.07. The highest BCUT2D eigenvalue weighted by atomic mass is 15.1. The topological polar surface area (TPSA) is 63.3 Å². The van der Waals surface area contributed by atoms with Crippen molar-refractivity contribution in [1.29, 1.82) is 0 Å². The van der Waals surface area contributed by atoms with Crippen LogP contribution in [0.4, 0.5) is 5.69 Å². The van der Waals surface area contributed by atoms with Crippen molar-refractivity contribution in [2.75, 3.05) is 5.32 Å². The minimum atomic E-state index is 0.463. The number of guanidine groups is 1. The number of nitrogens with two attached hydrogens (primary N) is 1. The molecule has 1 aromatic heterocycles. The molecule has 4 heteroatoms. The van der Waals surface area contributed by atoms with Gasteiger partial charge in [0, 0.05) is 11.8 Å². The Labute approximate surface area is 111 Å². The lowest BCUT2D eigenvalue weighted by Crippen LogP contribution is -2.26. The molecule has 18 heavy (non-hydrogen) atoms. The summed E-state index contributed by atoms with van der Waals surface area (Å²) in [6.07, 6.45) is 7.57. The van der Waals surface area contributed by atoms with E-state index in [0.717, 1.165) is 11.3 Å². The van der Waals surface area contributed by atoms with Gasteiger partial charge in [-0.2, -0.15) is 0 Å². The van der Waals surface area contributed by atoms with Gasteiger partial charge in [-0.3, -0.25) is 4.98 Å². The molecule has 1 aromatic rings. The van der Waals surface area contributed by atoms with Crippen LogP contribution in [-0.2, 0) is 6.54 Å². The van der Waals surface area contributed by atoms with Gasteiger partial charge in [-0.15, -0.1) is 0 Å². The Morgan fingerprint density at radius 1 is 1.28 bits per heavy atom. The smallest absolute Gasteiger partial charge is 0.193 e. The maximum atomic E-state index is 5.46. The van der Waals surface area contributed by atoms with Crippen molar-refractivity contribution < 1.29 is 0 Å². The molecular formula is C14H26N4. The Morgan fingerprint density at radius 3 is 2.50 bits per heavy atom. The van der Waals surface area contributed by atoms with Gasteiger partial charge >= 0.3 is 0 Å². The summed E-state index contributed by atoms with van der Waals surface area (Å²) in [6, 6.07) is 1.93. The second kappa shape index (κ2) is 10.6. The highest BCUT2D eigenvalue weighted by molar-refractivity contribution is 5.94. The molecular weight excluding hydrogens is 224 g/mol. The number of hydrogen-bond acceptors (Lipinski definition) is 4. The highest BCUT2D eigenvalue weighted by Crippen LogP contribution is 2.16. The summed E-state index contributed by atoms with van der Waals surface area (Å²) in [5, 5.41) is 2.93. The summed E-state index contributed by atoms with van der Waals surface area (Å²) in [5.41, 5.74) is 7.55. The zero-order chi connectivity index (χ0) is 13.8. The van der Waals surface area contributed by atoms with Gasteiger partial charge in [-0.25, -0.2) is 4.99 Å². The Balaban J connectivity index is 0.000000354. The number of anilines is 1. The summed E-state index contributed by atoms with van der Waals surface area (Å²) >= 11 is 0. The molecule has 0 saturated carbocycles. The molecule has 2 rings (SSSR count). The van der Waals surface area contributed by atoms with Crippen molar-refractivity contribution in [1.82, 2.24) is 4.98 Å². The van der Waals surface area contributed by atoms with E-state index in [-0.39, 0.29) is 0 Å². The molecule has 102 valence electrons. The van der Waals surface area contributed by atoms with E-state index in [2.05, 4.69) is 29.1 Å². The lowest BCUT2D eigenvalue weighted by atomic mass is 10.2. The van der Waals surface area contributed by atoms with Crippen molar-refractivity contribution in [3.63, 3.8) is 0 Å². The quantitative estimate of drug-likeness (QED) is 0.843. The molecule has 0 fully saturated rings. The van der Waals surface area contributed by atoms with Crippen LogP contribution < -0.4 is 11.1 Å². The van der Waals surface area contributed by atoms with Crippen LogP contribution in [0.25, 0.3) is 0 Å². The molecule has 0 bridgehead atoms. The molecule has 0 radical (unpaired) electrons. The Bertz CT molecular complexity index is 345. The van der Waals surface area contributed by atoms with Crippen molar-refractivity contribution in [2.24, 2.45) is 10.7 Å². The summed E-state index contributed by atoms with van der Waals surface area (Å²) in [5.74, 6) is 0.463. The largest absolute Gasteiger partial charge is 0.370 e. The van der Waals surface area contributed by atoms with Crippen LogP contribution in [-0.4, -0.2) is 10.9 Å². The molecule has 0 amide bonds. The first kappa shape index (κ1) is 16.4. The molecule has 0 unspecified atom stereocenters. The molecule has 1 aliphatic rings. The van der Waals surface area contributed by atoms with E-state index in [1.165, 1.54) is 19.3 Å². The lowest BCUT2D eigenvalue weighted by Gasteiger charge is -2.13. The van der Waals surface area contributed by atoms with Crippen LogP contribution in [0.3, 0.4) is 0 Å². The van der Waals surface area contributed by atoms with Gasteiger partial charge in [-0.1, -0.05) is 47.0 Å². The standard InChI is InChI=1S/C7H8N4.C5H12.C2H6/c8-7-10-3-5-1-2-9-4-6(5)11-7;1-3-5-4-2;1-2/h1-2,4H,3H2,(H3,8,10,11);3-5H2,1-2H3;1-2H3. The fourth-order valence-corrected chi connectivity index (χ4v) is 1.38. The van der Waals surface area contributed by atoms with Gasteiger partial charge in [0.2, 0.25) is 0 Å². The zero-order valence-corrected chi connectivity index (χ0v) is 12.0. The summed E-state index contributed by atoms with van der Waals surface area (Å²) in [4.78, 5) is 7.99. The van der Waals surface area contributed by atoms with Gasteiger partial charge in [0.1, 0.15) is 0 Å². The number of hydrogen-bond donors (Lipinski definition) is 2. The second-order valence-electron chi connectivity index (χ2n) is 3.71. The molecule has 0 saturated heterocycles. The molecule has 4 nitrogen and oxygen atoms in total. The van der Waals surface area contributed by atoms with Crippen LogP contribution in [0.1, 0.15) is 52.5 Å². The van der Waals surface area contributed by atoms with Crippen LogP contribution in [0.5, 0.6) is 0 Å². The van der Waals surface area contributed by atoms with Gasteiger partial charge in [0.25, 0.3) is 0 Å². The minimum absolute atomic E-state index is 0.463. The van der Waals surface area contributed by atoms with Crippen molar-refractivity contribution in [2.45, 2.75) is 53.5 Å². The van der Waals surface area contributed by atoms with Crippen LogP contribution in [0.15, 0.2) is 23.5 Å². The van der Waals surface area contributed by atoms with Crippen molar-refractivity contribution >= 4 is 11.6 Å². The van der Waals surface area contributed by atoms with Crippen molar-refractivity contribution in [3.8, 4) is 0 Å². The molecule has 0 atom stereocenters. The summed E-state index contributed by atoms with van der Waals surface area (Å²) in [7, 11) is 0. The molecule has 0 aromatic carbocycles. The fourth-order valence-electron chi connectivity index (χ4n) is 1.38. The van der Waals surface area contributed by atoms with E-state index in [1.54, 1.807) is 12.4 Å². The van der Waals surface area contributed by atoms with Crippen molar-refractivity contribution in [3.05, 3.63) is 24.0 Å². The molecule has 0 aliphatic carbocycles. The number of aliphatic imine (C=N–C) groups is 1. The number of nitrogens with one attached hydrogen (secondary N) is 1. The number of pyridine rings is 1. The second-order valence-corrected chi connectivity index (χ2v) is 3.71.